The molecule has 5 heteroatoms. The summed E-state index contributed by atoms with van der Waals surface area (Å²) >= 11 is 0. The molecule has 0 aliphatic rings. The van der Waals surface area contributed by atoms with E-state index in [1.165, 1.54) is 0 Å². The van der Waals surface area contributed by atoms with Gasteiger partial charge in [-0.05, 0) is 60.4 Å². The maximum Gasteiger partial charge on any atom is 0.237 e. The molecule has 0 saturated heterocycles. The molecule has 0 aliphatic heterocycles. The van der Waals surface area contributed by atoms with Crippen LogP contribution in [-0.2, 0) is 4.79 Å². The summed E-state index contributed by atoms with van der Waals surface area (Å²) in [5.74, 6) is -0.253. The van der Waals surface area contributed by atoms with Gasteiger partial charge in [-0.3, -0.25) is 4.79 Å². The number of hydrogen-bond acceptors (Lipinski definition) is 4. The molecule has 114 valence electrons. The number of nitrogens with two attached hydrogens (primary N) is 1. The predicted molar refractivity (Wildman–Crippen MR) is 81.2 cm³/mol. The maximum absolute atomic E-state index is 11.6. The third kappa shape index (κ3) is 8.18. The molecule has 1 amide bonds. The van der Waals surface area contributed by atoms with Crippen LogP contribution in [0.1, 0.15) is 33.1 Å². The van der Waals surface area contributed by atoms with Gasteiger partial charge in [0, 0.05) is 13.1 Å². The van der Waals surface area contributed by atoms with E-state index in [-0.39, 0.29) is 5.91 Å². The van der Waals surface area contributed by atoms with Crippen molar-refractivity contribution < 1.29 is 4.79 Å². The minimum atomic E-state index is -0.571. The molecule has 1 unspecified atom stereocenters. The smallest absolute Gasteiger partial charge is 0.237 e. The van der Waals surface area contributed by atoms with Crippen LogP contribution in [0.15, 0.2) is 0 Å². The molecule has 0 bridgehead atoms. The van der Waals surface area contributed by atoms with Crippen molar-refractivity contribution in [3.8, 4) is 0 Å². The predicted octanol–water partition coefficient (Wildman–Crippen LogP) is 0.504. The monoisotopic (exact) mass is 272 g/mol. The van der Waals surface area contributed by atoms with Crippen LogP contribution in [0.3, 0.4) is 0 Å². The molecule has 0 aromatic heterocycles. The van der Waals surface area contributed by atoms with Crippen LogP contribution in [0.5, 0.6) is 0 Å². The lowest BCUT2D eigenvalue weighted by Crippen LogP contribution is -2.53. The van der Waals surface area contributed by atoms with Crippen molar-refractivity contribution in [3.63, 3.8) is 0 Å². The quantitative estimate of drug-likeness (QED) is 0.575. The largest absolute Gasteiger partial charge is 0.368 e. The zero-order chi connectivity index (χ0) is 14.9. The molecule has 0 aromatic carbocycles. The summed E-state index contributed by atoms with van der Waals surface area (Å²) in [5.41, 5.74) is 4.93. The van der Waals surface area contributed by atoms with Gasteiger partial charge in [-0.2, -0.15) is 0 Å². The highest BCUT2D eigenvalue weighted by Crippen LogP contribution is 2.12. The zero-order valence-corrected chi connectivity index (χ0v) is 13.3. The zero-order valence-electron chi connectivity index (χ0n) is 13.3. The lowest BCUT2D eigenvalue weighted by Gasteiger charge is -2.28. The van der Waals surface area contributed by atoms with Gasteiger partial charge in [0.1, 0.15) is 0 Å². The average Bonchev–Trinajstić information content (AvgIpc) is 2.33. The van der Waals surface area contributed by atoms with Crippen LogP contribution in [0.2, 0.25) is 0 Å². The summed E-state index contributed by atoms with van der Waals surface area (Å²) in [6.45, 7) is 7.91. The minimum Gasteiger partial charge on any atom is -0.368 e. The van der Waals surface area contributed by atoms with Crippen LogP contribution < -0.4 is 11.1 Å². The number of carbonyl (C=O) groups excluding carboxylic acids is 1. The van der Waals surface area contributed by atoms with Gasteiger partial charge in [-0.25, -0.2) is 0 Å². The molecular weight excluding hydrogens is 240 g/mol. The van der Waals surface area contributed by atoms with E-state index in [1.54, 1.807) is 0 Å². The number of likely N-dealkylation sites (N-methyl/N-ethyl adjacent to an activating group) is 2. The highest BCUT2D eigenvalue weighted by Gasteiger charge is 2.29. The lowest BCUT2D eigenvalue weighted by molar-refractivity contribution is -0.124. The number of amides is 1. The van der Waals surface area contributed by atoms with Crippen LogP contribution in [0.25, 0.3) is 0 Å². The number of primary amides is 1. The highest BCUT2D eigenvalue weighted by atomic mass is 16.1. The normalized spacial score (nSPS) is 14.9. The fourth-order valence-corrected chi connectivity index (χ4v) is 1.88. The molecular formula is C14H32N4O. The Kier molecular flexibility index (Phi) is 8.97. The van der Waals surface area contributed by atoms with E-state index in [9.17, 15) is 4.79 Å². The second-order valence-corrected chi connectivity index (χ2v) is 5.83. The van der Waals surface area contributed by atoms with Gasteiger partial charge in [0.2, 0.25) is 5.91 Å². The molecule has 0 spiro atoms. The lowest BCUT2D eigenvalue weighted by atomic mass is 9.94. The minimum absolute atomic E-state index is 0.253. The Balaban J connectivity index is 4.02. The molecule has 19 heavy (non-hydrogen) atoms. The van der Waals surface area contributed by atoms with Crippen molar-refractivity contribution in [2.75, 3.05) is 47.3 Å². The topological polar surface area (TPSA) is 61.6 Å². The van der Waals surface area contributed by atoms with Crippen LogP contribution in [0.4, 0.5) is 0 Å². The van der Waals surface area contributed by atoms with Crippen LogP contribution >= 0.6 is 0 Å². The Bertz CT molecular complexity index is 258. The van der Waals surface area contributed by atoms with Crippen LogP contribution in [-0.4, -0.2) is 68.6 Å². The summed E-state index contributed by atoms with van der Waals surface area (Å²) < 4.78 is 0. The van der Waals surface area contributed by atoms with E-state index in [2.05, 4.69) is 43.2 Å². The van der Waals surface area contributed by atoms with E-state index < -0.39 is 5.54 Å². The van der Waals surface area contributed by atoms with Gasteiger partial charge in [0.15, 0.2) is 0 Å². The first kappa shape index (κ1) is 18.4. The van der Waals surface area contributed by atoms with Gasteiger partial charge in [0.05, 0.1) is 5.54 Å². The number of hydrogen-bond donors (Lipinski definition) is 2. The molecule has 0 aromatic rings. The van der Waals surface area contributed by atoms with Crippen molar-refractivity contribution >= 4 is 5.91 Å². The second-order valence-electron chi connectivity index (χ2n) is 5.83. The van der Waals surface area contributed by atoms with Crippen molar-refractivity contribution in [2.24, 2.45) is 5.73 Å². The summed E-state index contributed by atoms with van der Waals surface area (Å²) in [5, 5.41) is 3.27. The van der Waals surface area contributed by atoms with Gasteiger partial charge in [-0.15, -0.1) is 0 Å². The number of nitrogens with zero attached hydrogens (tertiary/aromatic N) is 2. The Morgan fingerprint density at radius 3 is 2.32 bits per heavy atom. The number of rotatable bonds is 11. The summed E-state index contributed by atoms with van der Waals surface area (Å²) in [6, 6.07) is 0. The molecule has 0 saturated carbocycles. The maximum atomic E-state index is 11.6. The summed E-state index contributed by atoms with van der Waals surface area (Å²) in [7, 11) is 6.27. The SMILES string of the molecule is CCCNC(C)(CCCN(C)CCN(C)C)C(N)=O. The van der Waals surface area contributed by atoms with Gasteiger partial charge in [-0.1, -0.05) is 6.92 Å². The first-order chi connectivity index (χ1) is 8.81. The van der Waals surface area contributed by atoms with Gasteiger partial charge >= 0.3 is 0 Å². The van der Waals surface area contributed by atoms with Gasteiger partial charge < -0.3 is 20.9 Å². The molecule has 0 rings (SSSR count). The second kappa shape index (κ2) is 9.28. The Morgan fingerprint density at radius 2 is 1.84 bits per heavy atom. The van der Waals surface area contributed by atoms with Crippen molar-refractivity contribution in [3.05, 3.63) is 0 Å². The van der Waals surface area contributed by atoms with E-state index >= 15 is 0 Å². The molecule has 5 nitrogen and oxygen atoms in total. The number of nitrogens with one attached hydrogen (secondary N) is 1. The standard InChI is InChI=1S/C14H32N4O/c1-6-9-16-14(2,13(15)19)8-7-10-18(5)12-11-17(3)4/h16H,6-12H2,1-5H3,(H2,15,19). The molecule has 3 N–H and O–H groups in total. The molecule has 1 atom stereocenters. The number of carbonyl (C=O) groups is 1. The Labute approximate surface area is 118 Å². The van der Waals surface area contributed by atoms with Crippen molar-refractivity contribution in [2.45, 2.75) is 38.6 Å². The first-order valence-corrected chi connectivity index (χ1v) is 7.20. The Hall–Kier alpha value is -0.650. The van der Waals surface area contributed by atoms with Crippen molar-refractivity contribution in [1.82, 2.24) is 15.1 Å². The Morgan fingerprint density at radius 1 is 1.21 bits per heavy atom. The van der Waals surface area contributed by atoms with Gasteiger partial charge in [0.25, 0.3) is 0 Å². The van der Waals surface area contributed by atoms with Crippen molar-refractivity contribution in [1.29, 1.82) is 0 Å². The van der Waals surface area contributed by atoms with E-state index in [4.69, 9.17) is 5.73 Å². The van der Waals surface area contributed by atoms with E-state index in [1.807, 2.05) is 6.92 Å². The van der Waals surface area contributed by atoms with E-state index in [0.717, 1.165) is 45.4 Å². The fraction of sp³-hybridized carbons (Fsp3) is 0.929. The average molecular weight is 272 g/mol. The molecule has 0 heterocycles. The fourth-order valence-electron chi connectivity index (χ4n) is 1.88. The molecule has 0 radical (unpaired) electrons. The first-order valence-electron chi connectivity index (χ1n) is 7.20. The van der Waals surface area contributed by atoms with E-state index in [0.29, 0.717) is 0 Å². The molecule has 0 fully saturated rings. The summed E-state index contributed by atoms with van der Waals surface area (Å²) in [6.07, 6.45) is 2.76. The highest BCUT2D eigenvalue weighted by molar-refractivity contribution is 5.84. The summed E-state index contributed by atoms with van der Waals surface area (Å²) in [4.78, 5) is 16.0. The third-order valence-electron chi connectivity index (χ3n) is 3.45. The van der Waals surface area contributed by atoms with Crippen LogP contribution in [0, 0.1) is 0 Å². The molecule has 0 aliphatic carbocycles. The third-order valence-corrected chi connectivity index (χ3v) is 3.45.